The number of phenols is 1. The van der Waals surface area contributed by atoms with Crippen LogP contribution in [0.15, 0.2) is 45.6 Å². The molecule has 0 saturated carbocycles. The Morgan fingerprint density at radius 1 is 1.15 bits per heavy atom. The van der Waals surface area contributed by atoms with Gasteiger partial charge in [0.25, 0.3) is 5.76 Å². The van der Waals surface area contributed by atoms with E-state index in [0.717, 1.165) is 5.56 Å². The molecular weight excluding hydrogens is 439 g/mol. The van der Waals surface area contributed by atoms with Crippen LogP contribution in [0.1, 0.15) is 30.7 Å². The molecule has 1 aliphatic rings. The fraction of sp³-hybridized carbons (Fsp3) is 0.375. The largest absolute Gasteiger partial charge is 0.507 e. The molecule has 1 fully saturated rings. The van der Waals surface area contributed by atoms with Gasteiger partial charge in [0.2, 0.25) is 11.2 Å². The zero-order valence-electron chi connectivity index (χ0n) is 18.4. The maximum atomic E-state index is 13.9. The van der Waals surface area contributed by atoms with Crippen LogP contribution in [0.3, 0.4) is 0 Å². The molecule has 2 heterocycles. The summed E-state index contributed by atoms with van der Waals surface area (Å²) in [6.45, 7) is 6.67. The number of fused-ring (bicyclic) bond motifs is 1. The minimum atomic E-state index is -4.99. The van der Waals surface area contributed by atoms with Gasteiger partial charge in [-0.15, -0.1) is 0 Å². The first kappa shape index (κ1) is 23.1. The highest BCUT2D eigenvalue weighted by Gasteiger charge is 2.41. The van der Waals surface area contributed by atoms with Crippen molar-refractivity contribution in [3.63, 3.8) is 0 Å². The number of aromatic hydroxyl groups is 1. The zero-order chi connectivity index (χ0) is 23.9. The Labute approximate surface area is 188 Å². The molecule has 0 unspecified atom stereocenters. The van der Waals surface area contributed by atoms with Gasteiger partial charge in [-0.2, -0.15) is 13.2 Å². The molecule has 0 amide bonds. The molecule has 1 N–H and O–H groups in total. The number of hydrogen-bond acceptors (Lipinski definition) is 6. The summed E-state index contributed by atoms with van der Waals surface area (Å²) >= 11 is 0. The van der Waals surface area contributed by atoms with Crippen molar-refractivity contribution < 1.29 is 32.2 Å². The molecule has 33 heavy (non-hydrogen) atoms. The first-order valence-electron chi connectivity index (χ1n) is 10.5. The third-order valence-electron chi connectivity index (χ3n) is 5.44. The number of rotatable bonds is 4. The molecule has 1 saturated heterocycles. The van der Waals surface area contributed by atoms with Gasteiger partial charge >= 0.3 is 6.18 Å². The maximum Gasteiger partial charge on any atom is 0.453 e. The number of nitrogens with zero attached hydrogens (tertiary/aromatic N) is 1. The second kappa shape index (κ2) is 8.72. The SMILES string of the molecule is Cc1cccc(Oc2c(C(F)(F)F)oc3c(CN4C[C@H](C)O[C@@H](C)C4)c(O)ccc3c2=O)c1. The standard InChI is InChI=1S/C24H24F3NO5/c1-13-5-4-6-16(9-13)32-22-20(30)17-7-8-19(29)18(21(17)33-23(22)24(25,26)27)12-28-10-14(2)31-15(3)11-28/h4-9,14-15,29H,10-12H2,1-3H3/t14-,15-/m0/s1. The molecule has 0 bridgehead atoms. The number of hydrogen-bond donors (Lipinski definition) is 1. The van der Waals surface area contributed by atoms with Gasteiger partial charge in [-0.25, -0.2) is 0 Å². The predicted octanol–water partition coefficient (Wildman–Crippen LogP) is 5.23. The van der Waals surface area contributed by atoms with Gasteiger partial charge in [0.1, 0.15) is 17.1 Å². The number of aryl methyl sites for hydroxylation is 1. The van der Waals surface area contributed by atoms with E-state index >= 15 is 0 Å². The monoisotopic (exact) mass is 463 g/mol. The van der Waals surface area contributed by atoms with E-state index in [2.05, 4.69) is 0 Å². The lowest BCUT2D eigenvalue weighted by Crippen LogP contribution is -2.44. The molecule has 6 nitrogen and oxygen atoms in total. The van der Waals surface area contributed by atoms with Gasteiger partial charge in [0, 0.05) is 19.6 Å². The van der Waals surface area contributed by atoms with Crippen molar-refractivity contribution >= 4 is 11.0 Å². The molecule has 1 aliphatic heterocycles. The Morgan fingerprint density at radius 2 is 1.85 bits per heavy atom. The van der Waals surface area contributed by atoms with Crippen LogP contribution >= 0.6 is 0 Å². The second-order valence-electron chi connectivity index (χ2n) is 8.40. The van der Waals surface area contributed by atoms with E-state index in [1.165, 1.54) is 24.3 Å². The Balaban J connectivity index is 1.85. The van der Waals surface area contributed by atoms with Gasteiger partial charge in [-0.05, 0) is 50.6 Å². The molecule has 1 aromatic heterocycles. The average molecular weight is 463 g/mol. The summed E-state index contributed by atoms with van der Waals surface area (Å²) in [6, 6.07) is 8.87. The number of morpholine rings is 1. The lowest BCUT2D eigenvalue weighted by atomic mass is 10.1. The van der Waals surface area contributed by atoms with Crippen LogP contribution < -0.4 is 10.2 Å². The maximum absolute atomic E-state index is 13.9. The molecule has 0 spiro atoms. The fourth-order valence-electron chi connectivity index (χ4n) is 4.15. The Morgan fingerprint density at radius 3 is 2.48 bits per heavy atom. The van der Waals surface area contributed by atoms with Crippen molar-refractivity contribution in [1.29, 1.82) is 0 Å². The lowest BCUT2D eigenvalue weighted by molar-refractivity contribution is -0.154. The summed E-state index contributed by atoms with van der Waals surface area (Å²) < 4.78 is 58.1. The molecule has 2 atom stereocenters. The first-order chi connectivity index (χ1) is 15.5. The number of benzene rings is 2. The van der Waals surface area contributed by atoms with E-state index in [4.69, 9.17) is 13.9 Å². The van der Waals surface area contributed by atoms with Gasteiger partial charge in [-0.1, -0.05) is 12.1 Å². The zero-order valence-corrected chi connectivity index (χ0v) is 18.4. The average Bonchev–Trinajstić information content (AvgIpc) is 2.70. The summed E-state index contributed by atoms with van der Waals surface area (Å²) in [6.07, 6.45) is -5.16. The normalized spacial score (nSPS) is 19.7. The van der Waals surface area contributed by atoms with E-state index in [9.17, 15) is 23.1 Å². The minimum absolute atomic E-state index is 0.0852. The third kappa shape index (κ3) is 4.84. The number of ether oxygens (including phenoxy) is 2. The molecule has 4 rings (SSSR count). The van der Waals surface area contributed by atoms with Crippen molar-refractivity contribution in [3.05, 3.63) is 63.5 Å². The minimum Gasteiger partial charge on any atom is -0.507 e. The Kier molecular flexibility index (Phi) is 6.11. The van der Waals surface area contributed by atoms with Crippen LogP contribution in [0, 0.1) is 6.92 Å². The van der Waals surface area contributed by atoms with E-state index in [1.807, 2.05) is 18.7 Å². The van der Waals surface area contributed by atoms with Gasteiger partial charge in [-0.3, -0.25) is 9.69 Å². The number of phenolic OH excluding ortho intramolecular Hbond substituents is 1. The van der Waals surface area contributed by atoms with Gasteiger partial charge in [0.05, 0.1) is 23.2 Å². The topological polar surface area (TPSA) is 72.1 Å². The van der Waals surface area contributed by atoms with E-state index in [0.29, 0.717) is 13.1 Å². The highest BCUT2D eigenvalue weighted by molar-refractivity contribution is 5.83. The van der Waals surface area contributed by atoms with Crippen LogP contribution in [-0.2, 0) is 17.5 Å². The molecule has 0 aliphatic carbocycles. The number of halogens is 3. The van der Waals surface area contributed by atoms with Crippen molar-refractivity contribution in [1.82, 2.24) is 4.90 Å². The predicted molar refractivity (Wildman–Crippen MR) is 116 cm³/mol. The van der Waals surface area contributed by atoms with Gasteiger partial charge < -0.3 is 19.0 Å². The van der Waals surface area contributed by atoms with Crippen LogP contribution in [0.4, 0.5) is 13.2 Å². The molecule has 176 valence electrons. The quantitative estimate of drug-likeness (QED) is 0.572. The van der Waals surface area contributed by atoms with Crippen molar-refractivity contribution in [3.8, 4) is 17.2 Å². The second-order valence-corrected chi connectivity index (χ2v) is 8.40. The number of alkyl halides is 3. The summed E-state index contributed by atoms with van der Waals surface area (Å²) in [5.74, 6) is -2.65. The van der Waals surface area contributed by atoms with Crippen molar-refractivity contribution in [2.24, 2.45) is 0 Å². The molecular formula is C24H24F3NO5. The molecule has 2 aromatic carbocycles. The van der Waals surface area contributed by atoms with E-state index in [1.54, 1.807) is 19.1 Å². The Bertz CT molecular complexity index is 1230. The fourth-order valence-corrected chi connectivity index (χ4v) is 4.15. The van der Waals surface area contributed by atoms with Crippen LogP contribution in [0.5, 0.6) is 17.2 Å². The van der Waals surface area contributed by atoms with Crippen LogP contribution in [0.2, 0.25) is 0 Å². The highest BCUT2D eigenvalue weighted by Crippen LogP contribution is 2.40. The van der Waals surface area contributed by atoms with Crippen LogP contribution in [-0.4, -0.2) is 35.3 Å². The van der Waals surface area contributed by atoms with Crippen LogP contribution in [0.25, 0.3) is 11.0 Å². The van der Waals surface area contributed by atoms with Crippen molar-refractivity contribution in [2.75, 3.05) is 13.1 Å². The molecule has 9 heteroatoms. The summed E-state index contributed by atoms with van der Waals surface area (Å²) in [7, 11) is 0. The lowest BCUT2D eigenvalue weighted by Gasteiger charge is -2.35. The Hall–Kier alpha value is -3.04. The van der Waals surface area contributed by atoms with E-state index < -0.39 is 23.1 Å². The summed E-state index contributed by atoms with van der Waals surface area (Å²) in [5, 5.41) is 10.4. The first-order valence-corrected chi connectivity index (χ1v) is 10.5. The summed E-state index contributed by atoms with van der Waals surface area (Å²) in [5.41, 5.74) is -0.406. The third-order valence-corrected chi connectivity index (χ3v) is 5.44. The van der Waals surface area contributed by atoms with E-state index in [-0.39, 0.29) is 46.8 Å². The van der Waals surface area contributed by atoms with Gasteiger partial charge in [0.15, 0.2) is 0 Å². The molecule has 3 aromatic rings. The smallest absolute Gasteiger partial charge is 0.453 e. The van der Waals surface area contributed by atoms with Crippen molar-refractivity contribution in [2.45, 2.75) is 45.7 Å². The summed E-state index contributed by atoms with van der Waals surface area (Å²) in [4.78, 5) is 15.1. The molecule has 0 radical (unpaired) electrons. The highest BCUT2D eigenvalue weighted by atomic mass is 19.4.